The molecule has 0 atom stereocenters. The second-order valence-electron chi connectivity index (χ2n) is 6.64. The van der Waals surface area contributed by atoms with Gasteiger partial charge in [-0.1, -0.05) is 18.2 Å². The Balaban J connectivity index is 1.35. The molecule has 0 radical (unpaired) electrons. The Morgan fingerprint density at radius 2 is 2.00 bits per heavy atom. The summed E-state index contributed by atoms with van der Waals surface area (Å²) in [4.78, 5) is 28.4. The molecule has 1 aromatic heterocycles. The summed E-state index contributed by atoms with van der Waals surface area (Å²) in [5.74, 6) is 0.111. The van der Waals surface area contributed by atoms with Crippen LogP contribution < -0.4 is 10.6 Å². The van der Waals surface area contributed by atoms with Crippen molar-refractivity contribution in [3.8, 4) is 0 Å². The Labute approximate surface area is 148 Å². The largest absolute Gasteiger partial charge is 0.361 e. The van der Waals surface area contributed by atoms with E-state index in [1.54, 1.807) is 6.92 Å². The number of nitrogens with zero attached hydrogens (tertiary/aromatic N) is 1. The van der Waals surface area contributed by atoms with Gasteiger partial charge in [0.05, 0.1) is 0 Å². The zero-order valence-corrected chi connectivity index (χ0v) is 14.7. The first kappa shape index (κ1) is 17.3. The highest BCUT2D eigenvalue weighted by molar-refractivity contribution is 5.83. The van der Waals surface area contributed by atoms with Crippen LogP contribution in [0.4, 0.5) is 4.79 Å². The minimum atomic E-state index is -0.111. The van der Waals surface area contributed by atoms with Crippen molar-refractivity contribution in [2.24, 2.45) is 0 Å². The fourth-order valence-electron chi connectivity index (χ4n) is 3.39. The summed E-state index contributed by atoms with van der Waals surface area (Å²) in [6.45, 7) is 3.69. The molecule has 1 fully saturated rings. The van der Waals surface area contributed by atoms with Crippen molar-refractivity contribution in [3.05, 3.63) is 36.0 Å². The summed E-state index contributed by atoms with van der Waals surface area (Å²) < 4.78 is 0. The van der Waals surface area contributed by atoms with Crippen molar-refractivity contribution < 1.29 is 9.59 Å². The van der Waals surface area contributed by atoms with Crippen LogP contribution in [0.3, 0.4) is 0 Å². The average Bonchev–Trinajstić information content (AvgIpc) is 3.02. The molecular formula is C19H26N4O2. The van der Waals surface area contributed by atoms with E-state index in [9.17, 15) is 9.59 Å². The number of amides is 3. The number of piperidine rings is 1. The lowest BCUT2D eigenvalue weighted by Crippen LogP contribution is -2.48. The van der Waals surface area contributed by atoms with Crippen LogP contribution in [0.15, 0.2) is 30.5 Å². The Hall–Kier alpha value is -2.50. The molecular weight excluding hydrogens is 316 g/mol. The number of hydrogen-bond acceptors (Lipinski definition) is 2. The lowest BCUT2D eigenvalue weighted by Gasteiger charge is -2.31. The number of carbonyl (C=O) groups is 2. The number of H-pyrrole nitrogens is 1. The topological polar surface area (TPSA) is 77.2 Å². The van der Waals surface area contributed by atoms with Crippen molar-refractivity contribution in [2.75, 3.05) is 19.6 Å². The maximum Gasteiger partial charge on any atom is 0.315 e. The van der Waals surface area contributed by atoms with Gasteiger partial charge in [0.15, 0.2) is 0 Å². The average molecular weight is 342 g/mol. The molecule has 0 saturated carbocycles. The molecule has 25 heavy (non-hydrogen) atoms. The minimum absolute atomic E-state index is 0.111. The normalized spacial score (nSPS) is 15.3. The van der Waals surface area contributed by atoms with Gasteiger partial charge in [0.1, 0.15) is 0 Å². The van der Waals surface area contributed by atoms with E-state index in [0.29, 0.717) is 6.54 Å². The minimum Gasteiger partial charge on any atom is -0.361 e. The first-order valence-electron chi connectivity index (χ1n) is 8.98. The second kappa shape index (κ2) is 8.05. The molecule has 134 valence electrons. The highest BCUT2D eigenvalue weighted by atomic mass is 16.2. The Kier molecular flexibility index (Phi) is 5.58. The fourth-order valence-corrected chi connectivity index (χ4v) is 3.39. The number of rotatable bonds is 5. The quantitative estimate of drug-likeness (QED) is 0.730. The van der Waals surface area contributed by atoms with Gasteiger partial charge in [-0.3, -0.25) is 4.79 Å². The number of aromatic amines is 1. The highest BCUT2D eigenvalue weighted by Gasteiger charge is 2.21. The van der Waals surface area contributed by atoms with Gasteiger partial charge in [0.2, 0.25) is 5.91 Å². The van der Waals surface area contributed by atoms with E-state index in [2.05, 4.69) is 27.8 Å². The Bertz CT molecular complexity index is 732. The summed E-state index contributed by atoms with van der Waals surface area (Å²) in [7, 11) is 0. The number of carbonyl (C=O) groups excluding carboxylic acids is 2. The van der Waals surface area contributed by atoms with E-state index in [1.165, 1.54) is 10.9 Å². The number of urea groups is 1. The van der Waals surface area contributed by atoms with Crippen molar-refractivity contribution in [1.82, 2.24) is 20.5 Å². The molecule has 0 spiro atoms. The third kappa shape index (κ3) is 4.53. The van der Waals surface area contributed by atoms with Gasteiger partial charge >= 0.3 is 6.03 Å². The highest BCUT2D eigenvalue weighted by Crippen LogP contribution is 2.18. The van der Waals surface area contributed by atoms with E-state index in [4.69, 9.17) is 0 Å². The summed E-state index contributed by atoms with van der Waals surface area (Å²) in [6.07, 6.45) is 5.53. The van der Waals surface area contributed by atoms with Crippen LogP contribution in [0, 0.1) is 0 Å². The molecule has 6 nitrogen and oxygen atoms in total. The number of hydrogen-bond donors (Lipinski definition) is 3. The monoisotopic (exact) mass is 342 g/mol. The number of benzene rings is 1. The number of nitrogens with one attached hydrogen (secondary N) is 3. The van der Waals surface area contributed by atoms with Crippen LogP contribution in [0.1, 0.15) is 31.7 Å². The molecule has 0 aliphatic carbocycles. The van der Waals surface area contributed by atoms with Crippen LogP contribution in [-0.2, 0) is 11.2 Å². The van der Waals surface area contributed by atoms with Crippen molar-refractivity contribution in [3.63, 3.8) is 0 Å². The Morgan fingerprint density at radius 3 is 2.76 bits per heavy atom. The predicted octanol–water partition coefficient (Wildman–Crippen LogP) is 2.41. The lowest BCUT2D eigenvalue weighted by molar-refractivity contribution is -0.129. The van der Waals surface area contributed by atoms with Crippen molar-refractivity contribution in [1.29, 1.82) is 0 Å². The standard InChI is InChI=1S/C19H26N4O2/c1-14(24)23-11-8-16(9-12-23)22-19(25)20-10-4-5-15-13-21-18-7-3-2-6-17(15)18/h2-3,6-7,13,16,21H,4-5,8-12H2,1H3,(H2,20,22,25). The molecule has 3 rings (SSSR count). The molecule has 1 aliphatic heterocycles. The molecule has 3 amide bonds. The lowest BCUT2D eigenvalue weighted by atomic mass is 10.1. The molecule has 1 saturated heterocycles. The first-order valence-corrected chi connectivity index (χ1v) is 8.98. The zero-order valence-electron chi connectivity index (χ0n) is 14.7. The molecule has 2 aromatic rings. The van der Waals surface area contributed by atoms with E-state index >= 15 is 0 Å². The summed E-state index contributed by atoms with van der Waals surface area (Å²) in [5.41, 5.74) is 2.44. The molecule has 0 unspecified atom stereocenters. The third-order valence-corrected chi connectivity index (χ3v) is 4.86. The number of aromatic nitrogens is 1. The van der Waals surface area contributed by atoms with Gasteiger partial charge < -0.3 is 20.5 Å². The number of para-hydroxylation sites is 1. The third-order valence-electron chi connectivity index (χ3n) is 4.86. The molecule has 0 bridgehead atoms. The van der Waals surface area contributed by atoms with Crippen LogP contribution >= 0.6 is 0 Å². The summed E-state index contributed by atoms with van der Waals surface area (Å²) in [6, 6.07) is 8.30. The number of aryl methyl sites for hydroxylation is 1. The SMILES string of the molecule is CC(=O)N1CCC(NC(=O)NCCCc2c[nH]c3ccccc23)CC1. The van der Waals surface area contributed by atoms with Gasteiger partial charge in [-0.25, -0.2) is 4.79 Å². The van der Waals surface area contributed by atoms with E-state index in [0.717, 1.165) is 44.3 Å². The van der Waals surface area contributed by atoms with Crippen LogP contribution in [0.25, 0.3) is 10.9 Å². The summed E-state index contributed by atoms with van der Waals surface area (Å²) >= 11 is 0. The van der Waals surface area contributed by atoms with Gasteiger partial charge in [-0.15, -0.1) is 0 Å². The first-order chi connectivity index (χ1) is 12.1. The molecule has 1 aliphatic rings. The van der Waals surface area contributed by atoms with Crippen LogP contribution in [-0.4, -0.2) is 47.5 Å². The second-order valence-corrected chi connectivity index (χ2v) is 6.64. The number of likely N-dealkylation sites (tertiary alicyclic amines) is 1. The van der Waals surface area contributed by atoms with E-state index in [-0.39, 0.29) is 18.0 Å². The van der Waals surface area contributed by atoms with Crippen LogP contribution in [0.5, 0.6) is 0 Å². The zero-order chi connectivity index (χ0) is 17.6. The van der Waals surface area contributed by atoms with Crippen LogP contribution in [0.2, 0.25) is 0 Å². The Morgan fingerprint density at radius 1 is 1.24 bits per heavy atom. The fraction of sp³-hybridized carbons (Fsp3) is 0.474. The van der Waals surface area contributed by atoms with Gasteiger partial charge in [0, 0.05) is 49.7 Å². The van der Waals surface area contributed by atoms with E-state index in [1.807, 2.05) is 23.2 Å². The number of fused-ring (bicyclic) bond motifs is 1. The van der Waals surface area contributed by atoms with Crippen molar-refractivity contribution >= 4 is 22.8 Å². The smallest absolute Gasteiger partial charge is 0.315 e. The maximum atomic E-state index is 12.0. The maximum absolute atomic E-state index is 12.0. The molecule has 3 N–H and O–H groups in total. The van der Waals surface area contributed by atoms with Gasteiger partial charge in [-0.05, 0) is 37.3 Å². The van der Waals surface area contributed by atoms with Gasteiger partial charge in [0.25, 0.3) is 0 Å². The molecule has 1 aromatic carbocycles. The predicted molar refractivity (Wildman–Crippen MR) is 98.4 cm³/mol. The van der Waals surface area contributed by atoms with Crippen molar-refractivity contribution in [2.45, 2.75) is 38.6 Å². The molecule has 2 heterocycles. The molecule has 6 heteroatoms. The summed E-state index contributed by atoms with van der Waals surface area (Å²) in [5, 5.41) is 7.19. The van der Waals surface area contributed by atoms with E-state index < -0.39 is 0 Å². The van der Waals surface area contributed by atoms with Gasteiger partial charge in [-0.2, -0.15) is 0 Å².